The van der Waals surface area contributed by atoms with Crippen LogP contribution in [0.4, 0.5) is 0 Å². The first-order chi connectivity index (χ1) is 7.52. The molecular weight excluding hydrogens is 344 g/mol. The molecule has 0 heterocycles. The highest BCUT2D eigenvalue weighted by Gasteiger charge is 2.15. The maximum atomic E-state index is 11.2. The second-order valence-corrected chi connectivity index (χ2v) is 5.30. The van der Waals surface area contributed by atoms with E-state index in [0.717, 1.165) is 0 Å². The van der Waals surface area contributed by atoms with Gasteiger partial charge in [0.2, 0.25) is 0 Å². The molecule has 0 bridgehead atoms. The van der Waals surface area contributed by atoms with Crippen molar-refractivity contribution in [2.75, 3.05) is 13.2 Å². The third-order valence-electron chi connectivity index (χ3n) is 1.80. The molecule has 94 valence electrons. The topological polar surface area (TPSA) is 52.6 Å². The monoisotopic (exact) mass is 358 g/mol. The molecule has 0 radical (unpaired) electrons. The molecule has 0 spiro atoms. The van der Waals surface area contributed by atoms with Crippen molar-refractivity contribution in [2.45, 2.75) is 36.3 Å². The van der Waals surface area contributed by atoms with Crippen LogP contribution in [0.2, 0.25) is 0 Å². The average Bonchev–Trinajstić information content (AvgIpc) is 2.31. The van der Waals surface area contributed by atoms with Gasteiger partial charge in [0.05, 0.1) is 0 Å². The van der Waals surface area contributed by atoms with E-state index in [1.54, 1.807) is 0 Å². The van der Waals surface area contributed by atoms with Gasteiger partial charge in [0.15, 0.2) is 0 Å². The summed E-state index contributed by atoms with van der Waals surface area (Å²) < 4.78 is 9.76. The Hall–Kier alpha value is -0.100. The van der Waals surface area contributed by atoms with Crippen molar-refractivity contribution < 1.29 is 19.1 Å². The predicted molar refractivity (Wildman–Crippen MR) is 67.9 cm³/mol. The minimum absolute atomic E-state index is 0.0934. The van der Waals surface area contributed by atoms with Crippen LogP contribution in [0.15, 0.2) is 0 Å². The third-order valence-corrected chi connectivity index (χ3v) is 3.84. The van der Waals surface area contributed by atoms with Crippen molar-refractivity contribution in [2.24, 2.45) is 0 Å². The summed E-state index contributed by atoms with van der Waals surface area (Å²) in [5.74, 6) is -0.658. The normalized spacial score (nSPS) is 14.0. The Morgan fingerprint density at radius 3 is 1.50 bits per heavy atom. The van der Waals surface area contributed by atoms with Crippen LogP contribution in [-0.4, -0.2) is 34.8 Å². The Kier molecular flexibility index (Phi) is 8.93. The Morgan fingerprint density at radius 2 is 1.25 bits per heavy atom. The SMILES string of the molecule is CCC(Br)C(=O)OCCOC(=O)C(Br)CC. The van der Waals surface area contributed by atoms with Crippen LogP contribution in [0, 0.1) is 0 Å². The van der Waals surface area contributed by atoms with E-state index in [0.29, 0.717) is 12.8 Å². The minimum Gasteiger partial charge on any atom is -0.461 e. The lowest BCUT2D eigenvalue weighted by Gasteiger charge is -2.10. The van der Waals surface area contributed by atoms with Crippen LogP contribution in [0.5, 0.6) is 0 Å². The van der Waals surface area contributed by atoms with Crippen LogP contribution in [-0.2, 0) is 19.1 Å². The van der Waals surface area contributed by atoms with Crippen molar-refractivity contribution in [3.63, 3.8) is 0 Å². The Morgan fingerprint density at radius 1 is 0.938 bits per heavy atom. The molecule has 16 heavy (non-hydrogen) atoms. The summed E-state index contributed by atoms with van der Waals surface area (Å²) in [6, 6.07) is 0. The second kappa shape index (κ2) is 8.98. The molecule has 0 fully saturated rings. The quantitative estimate of drug-likeness (QED) is 0.398. The standard InChI is InChI=1S/C10H16Br2O4/c1-3-7(11)9(13)15-5-6-16-10(14)8(12)4-2/h7-8H,3-6H2,1-2H3. The van der Waals surface area contributed by atoms with Gasteiger partial charge in [-0.3, -0.25) is 9.59 Å². The number of carbonyl (C=O) groups is 2. The number of hydrogen-bond donors (Lipinski definition) is 0. The van der Waals surface area contributed by atoms with Crippen molar-refractivity contribution in [3.8, 4) is 0 Å². The number of alkyl halides is 2. The van der Waals surface area contributed by atoms with Crippen molar-refractivity contribution >= 4 is 43.8 Å². The molecule has 0 aromatic carbocycles. The summed E-state index contributed by atoms with van der Waals surface area (Å²) in [6.07, 6.45) is 1.33. The molecule has 2 atom stereocenters. The van der Waals surface area contributed by atoms with E-state index in [1.807, 2.05) is 13.8 Å². The zero-order valence-corrected chi connectivity index (χ0v) is 12.5. The van der Waals surface area contributed by atoms with E-state index >= 15 is 0 Å². The Labute approximate surface area is 112 Å². The average molecular weight is 360 g/mol. The van der Waals surface area contributed by atoms with E-state index in [1.165, 1.54) is 0 Å². The molecule has 0 saturated heterocycles. The lowest BCUT2D eigenvalue weighted by molar-refractivity contribution is -0.151. The molecule has 0 N–H and O–H groups in total. The first-order valence-corrected chi connectivity index (χ1v) is 6.97. The number of hydrogen-bond acceptors (Lipinski definition) is 4. The van der Waals surface area contributed by atoms with Crippen LogP contribution in [0.25, 0.3) is 0 Å². The maximum Gasteiger partial charge on any atom is 0.319 e. The van der Waals surface area contributed by atoms with E-state index in [2.05, 4.69) is 31.9 Å². The van der Waals surface area contributed by atoms with Gasteiger partial charge in [-0.05, 0) is 12.8 Å². The summed E-state index contributed by atoms with van der Waals surface area (Å²) in [6.45, 7) is 3.93. The summed E-state index contributed by atoms with van der Waals surface area (Å²) in [7, 11) is 0. The van der Waals surface area contributed by atoms with Gasteiger partial charge < -0.3 is 9.47 Å². The van der Waals surface area contributed by atoms with Gasteiger partial charge in [-0.1, -0.05) is 45.7 Å². The molecule has 6 heteroatoms. The van der Waals surface area contributed by atoms with Crippen LogP contribution in [0.1, 0.15) is 26.7 Å². The second-order valence-electron chi connectivity index (χ2n) is 3.09. The van der Waals surface area contributed by atoms with E-state index < -0.39 is 0 Å². The third kappa shape index (κ3) is 6.48. The highest BCUT2D eigenvalue weighted by molar-refractivity contribution is 9.10. The first-order valence-electron chi connectivity index (χ1n) is 5.14. The minimum atomic E-state index is -0.329. The largest absolute Gasteiger partial charge is 0.461 e. The van der Waals surface area contributed by atoms with E-state index in [4.69, 9.17) is 9.47 Å². The van der Waals surface area contributed by atoms with Crippen LogP contribution >= 0.6 is 31.9 Å². The molecule has 0 aliphatic rings. The van der Waals surface area contributed by atoms with Crippen molar-refractivity contribution in [1.82, 2.24) is 0 Å². The zero-order valence-electron chi connectivity index (χ0n) is 9.37. The molecule has 2 unspecified atom stereocenters. The molecule has 0 aliphatic heterocycles. The Bertz CT molecular complexity index is 209. The highest BCUT2D eigenvalue weighted by atomic mass is 79.9. The van der Waals surface area contributed by atoms with Gasteiger partial charge in [-0.2, -0.15) is 0 Å². The van der Waals surface area contributed by atoms with Gasteiger partial charge in [0.25, 0.3) is 0 Å². The molecule has 0 aliphatic carbocycles. The fourth-order valence-electron chi connectivity index (χ4n) is 0.799. The summed E-state index contributed by atoms with van der Waals surface area (Å²) >= 11 is 6.34. The summed E-state index contributed by atoms with van der Waals surface area (Å²) in [4.78, 5) is 21.8. The maximum absolute atomic E-state index is 11.2. The molecule has 0 amide bonds. The molecule has 0 aromatic heterocycles. The summed E-state index contributed by atoms with van der Waals surface area (Å²) in [5.41, 5.74) is 0. The summed E-state index contributed by atoms with van der Waals surface area (Å²) in [5, 5.41) is 0. The number of halogens is 2. The zero-order chi connectivity index (χ0) is 12.6. The van der Waals surface area contributed by atoms with E-state index in [-0.39, 0.29) is 34.8 Å². The van der Waals surface area contributed by atoms with E-state index in [9.17, 15) is 9.59 Å². The fraction of sp³-hybridized carbons (Fsp3) is 0.800. The molecule has 0 aromatic rings. The number of esters is 2. The Balaban J connectivity index is 3.61. The van der Waals surface area contributed by atoms with Gasteiger partial charge in [-0.25, -0.2) is 0 Å². The highest BCUT2D eigenvalue weighted by Crippen LogP contribution is 2.07. The van der Waals surface area contributed by atoms with Gasteiger partial charge >= 0.3 is 11.9 Å². The van der Waals surface area contributed by atoms with Crippen molar-refractivity contribution in [1.29, 1.82) is 0 Å². The van der Waals surface area contributed by atoms with Gasteiger partial charge in [0.1, 0.15) is 22.9 Å². The molecule has 0 rings (SSSR count). The number of carbonyl (C=O) groups excluding carboxylic acids is 2. The van der Waals surface area contributed by atoms with Crippen LogP contribution in [0.3, 0.4) is 0 Å². The molecular formula is C10H16Br2O4. The number of ether oxygens (including phenoxy) is 2. The smallest absolute Gasteiger partial charge is 0.319 e. The van der Waals surface area contributed by atoms with Gasteiger partial charge in [-0.15, -0.1) is 0 Å². The lowest BCUT2D eigenvalue weighted by atomic mass is 10.3. The molecule has 0 saturated carbocycles. The molecule has 4 nitrogen and oxygen atoms in total. The predicted octanol–water partition coefficient (Wildman–Crippen LogP) is 2.42. The fourth-order valence-corrected chi connectivity index (χ4v) is 1.06. The number of rotatable bonds is 7. The van der Waals surface area contributed by atoms with Crippen molar-refractivity contribution in [3.05, 3.63) is 0 Å². The lowest BCUT2D eigenvalue weighted by Crippen LogP contribution is -2.22. The van der Waals surface area contributed by atoms with Crippen LogP contribution < -0.4 is 0 Å². The van der Waals surface area contributed by atoms with Gasteiger partial charge in [0, 0.05) is 0 Å². The first kappa shape index (κ1) is 15.9.